The van der Waals surface area contributed by atoms with Crippen molar-refractivity contribution in [3.05, 3.63) is 46.3 Å². The van der Waals surface area contributed by atoms with Gasteiger partial charge in [0.05, 0.1) is 11.1 Å². The van der Waals surface area contributed by atoms with Crippen LogP contribution in [-0.2, 0) is 24.1 Å². The van der Waals surface area contributed by atoms with Gasteiger partial charge in [-0.2, -0.15) is 0 Å². The summed E-state index contributed by atoms with van der Waals surface area (Å²) < 4.78 is 2.02. The first-order chi connectivity index (χ1) is 15.1. The minimum absolute atomic E-state index is 0.00125. The van der Waals surface area contributed by atoms with Gasteiger partial charge >= 0.3 is 0 Å². The third-order valence-electron chi connectivity index (χ3n) is 5.46. The standard InChI is InChI=1S/C22H23N5OS3/c1-13(11-14-7-4-3-5-8-14)23-17(28)12-30-22-26-25-19-18-15-9-6-10-16(15)31-20(18)24-21(29-2)27(19)22/h3-5,7-8,13H,6,9-12H2,1-2H3,(H,23,28). The van der Waals surface area contributed by atoms with Crippen molar-refractivity contribution in [1.29, 1.82) is 0 Å². The van der Waals surface area contributed by atoms with Crippen molar-refractivity contribution < 1.29 is 4.79 Å². The summed E-state index contributed by atoms with van der Waals surface area (Å²) in [5.74, 6) is 0.300. The van der Waals surface area contributed by atoms with E-state index in [0.29, 0.717) is 5.75 Å². The van der Waals surface area contributed by atoms with Gasteiger partial charge < -0.3 is 5.32 Å². The number of fused-ring (bicyclic) bond motifs is 5. The van der Waals surface area contributed by atoms with Gasteiger partial charge in [0.25, 0.3) is 0 Å². The van der Waals surface area contributed by atoms with Crippen LogP contribution in [0, 0.1) is 0 Å². The highest BCUT2D eigenvalue weighted by atomic mass is 32.2. The maximum absolute atomic E-state index is 12.5. The normalized spacial score (nSPS) is 14.3. The van der Waals surface area contributed by atoms with Crippen LogP contribution in [0.4, 0.5) is 0 Å². The van der Waals surface area contributed by atoms with Crippen molar-refractivity contribution in [3.8, 4) is 0 Å². The molecular formula is C22H23N5OS3. The van der Waals surface area contributed by atoms with Crippen LogP contribution in [0.15, 0.2) is 40.6 Å². The van der Waals surface area contributed by atoms with E-state index in [1.165, 1.54) is 34.2 Å². The topological polar surface area (TPSA) is 72.2 Å². The van der Waals surface area contributed by atoms with E-state index < -0.39 is 0 Å². The summed E-state index contributed by atoms with van der Waals surface area (Å²) in [6.07, 6.45) is 6.25. The molecule has 1 aliphatic carbocycles. The Balaban J connectivity index is 1.33. The number of benzene rings is 1. The van der Waals surface area contributed by atoms with Crippen molar-refractivity contribution in [2.24, 2.45) is 0 Å². The van der Waals surface area contributed by atoms with Crippen molar-refractivity contribution in [2.45, 2.75) is 49.0 Å². The van der Waals surface area contributed by atoms with E-state index in [0.717, 1.165) is 45.4 Å². The van der Waals surface area contributed by atoms with E-state index in [9.17, 15) is 4.79 Å². The lowest BCUT2D eigenvalue weighted by atomic mass is 10.1. The number of amides is 1. The quantitative estimate of drug-likeness (QED) is 0.320. The first-order valence-electron chi connectivity index (χ1n) is 10.3. The van der Waals surface area contributed by atoms with Crippen molar-refractivity contribution in [3.63, 3.8) is 0 Å². The number of nitrogens with one attached hydrogen (secondary N) is 1. The molecule has 0 radical (unpaired) electrons. The average Bonchev–Trinajstić information content (AvgIpc) is 3.46. The molecule has 0 saturated carbocycles. The van der Waals surface area contributed by atoms with E-state index in [-0.39, 0.29) is 11.9 Å². The molecule has 1 atom stereocenters. The maximum atomic E-state index is 12.5. The van der Waals surface area contributed by atoms with Gasteiger partial charge in [0.15, 0.2) is 16.0 Å². The summed E-state index contributed by atoms with van der Waals surface area (Å²) in [5.41, 5.74) is 3.48. The van der Waals surface area contributed by atoms with Gasteiger partial charge in [-0.05, 0) is 50.0 Å². The number of rotatable bonds is 7. The van der Waals surface area contributed by atoms with Crippen LogP contribution in [0.5, 0.6) is 0 Å². The second kappa shape index (κ2) is 8.80. The Hall–Kier alpha value is -2.10. The zero-order chi connectivity index (χ0) is 21.4. The Morgan fingerprint density at radius 3 is 2.87 bits per heavy atom. The van der Waals surface area contributed by atoms with Gasteiger partial charge in [-0.3, -0.25) is 4.79 Å². The predicted octanol–water partition coefficient (Wildman–Crippen LogP) is 4.39. The Morgan fingerprint density at radius 1 is 1.23 bits per heavy atom. The minimum Gasteiger partial charge on any atom is -0.353 e. The summed E-state index contributed by atoms with van der Waals surface area (Å²) in [5, 5.41) is 14.8. The van der Waals surface area contributed by atoms with Crippen LogP contribution in [0.3, 0.4) is 0 Å². The van der Waals surface area contributed by atoms with E-state index >= 15 is 0 Å². The molecule has 160 valence electrons. The minimum atomic E-state index is 0.00125. The van der Waals surface area contributed by atoms with E-state index in [2.05, 4.69) is 27.6 Å². The number of hydrogen-bond acceptors (Lipinski definition) is 7. The molecular weight excluding hydrogens is 446 g/mol. The Kier molecular flexibility index (Phi) is 5.90. The molecule has 3 heterocycles. The largest absolute Gasteiger partial charge is 0.353 e. The maximum Gasteiger partial charge on any atom is 0.230 e. The zero-order valence-corrected chi connectivity index (χ0v) is 19.9. The monoisotopic (exact) mass is 469 g/mol. The molecule has 0 spiro atoms. The highest BCUT2D eigenvalue weighted by Crippen LogP contribution is 2.40. The third kappa shape index (κ3) is 4.06. The predicted molar refractivity (Wildman–Crippen MR) is 128 cm³/mol. The molecule has 1 unspecified atom stereocenters. The Morgan fingerprint density at radius 2 is 2.06 bits per heavy atom. The molecule has 31 heavy (non-hydrogen) atoms. The van der Waals surface area contributed by atoms with Crippen molar-refractivity contribution in [1.82, 2.24) is 24.9 Å². The van der Waals surface area contributed by atoms with Crippen LogP contribution in [0.1, 0.15) is 29.3 Å². The van der Waals surface area contributed by atoms with Crippen LogP contribution in [0.2, 0.25) is 0 Å². The lowest BCUT2D eigenvalue weighted by molar-refractivity contribution is -0.119. The lowest BCUT2D eigenvalue weighted by Crippen LogP contribution is -2.35. The number of carbonyl (C=O) groups excluding carboxylic acids is 1. The fourth-order valence-electron chi connectivity index (χ4n) is 4.14. The molecule has 9 heteroatoms. The summed E-state index contributed by atoms with van der Waals surface area (Å²) in [6, 6.07) is 10.3. The smallest absolute Gasteiger partial charge is 0.230 e. The SMILES string of the molecule is CSc1nc2sc3c(c2c2nnc(SCC(=O)NC(C)Cc4ccccc4)n12)CCC3. The van der Waals surface area contributed by atoms with Crippen LogP contribution >= 0.6 is 34.9 Å². The molecule has 1 aromatic carbocycles. The molecule has 1 amide bonds. The lowest BCUT2D eigenvalue weighted by Gasteiger charge is -2.13. The number of thioether (sulfide) groups is 2. The Labute approximate surface area is 193 Å². The summed E-state index contributed by atoms with van der Waals surface area (Å²) >= 11 is 4.79. The molecule has 0 fully saturated rings. The Bertz CT molecular complexity index is 1250. The van der Waals surface area contributed by atoms with Crippen LogP contribution in [-0.4, -0.2) is 43.5 Å². The second-order valence-electron chi connectivity index (χ2n) is 7.72. The first kappa shape index (κ1) is 20.8. The van der Waals surface area contributed by atoms with E-state index in [4.69, 9.17) is 4.98 Å². The molecule has 4 aromatic rings. The average molecular weight is 470 g/mol. The molecule has 0 bridgehead atoms. The first-order valence-corrected chi connectivity index (χ1v) is 13.4. The zero-order valence-electron chi connectivity index (χ0n) is 17.4. The van der Waals surface area contributed by atoms with Crippen molar-refractivity contribution >= 4 is 56.6 Å². The van der Waals surface area contributed by atoms with Gasteiger partial charge in [-0.15, -0.1) is 21.5 Å². The van der Waals surface area contributed by atoms with Crippen LogP contribution in [0.25, 0.3) is 15.9 Å². The number of aromatic nitrogens is 4. The van der Waals surface area contributed by atoms with Gasteiger partial charge in [0.2, 0.25) is 5.91 Å². The molecule has 1 N–H and O–H groups in total. The second-order valence-corrected chi connectivity index (χ2v) is 10.5. The number of thiophene rings is 1. The highest BCUT2D eigenvalue weighted by molar-refractivity contribution is 8.00. The summed E-state index contributed by atoms with van der Waals surface area (Å²) in [6.45, 7) is 2.03. The third-order valence-corrected chi connectivity index (χ3v) is 8.21. The number of hydrogen-bond donors (Lipinski definition) is 1. The number of nitrogens with zero attached hydrogens (tertiary/aromatic N) is 4. The van der Waals surface area contributed by atoms with Crippen molar-refractivity contribution in [2.75, 3.05) is 12.0 Å². The van der Waals surface area contributed by atoms with Gasteiger partial charge in [-0.25, -0.2) is 9.38 Å². The molecule has 0 aliphatic heterocycles. The number of aryl methyl sites for hydroxylation is 2. The molecule has 5 rings (SSSR count). The van der Waals surface area contributed by atoms with Gasteiger partial charge in [-0.1, -0.05) is 53.9 Å². The highest BCUT2D eigenvalue weighted by Gasteiger charge is 2.24. The van der Waals surface area contributed by atoms with E-state index in [1.54, 1.807) is 23.1 Å². The fraction of sp³-hybridized carbons (Fsp3) is 0.364. The summed E-state index contributed by atoms with van der Waals surface area (Å²) in [4.78, 5) is 19.9. The van der Waals surface area contributed by atoms with Gasteiger partial charge in [0.1, 0.15) is 4.83 Å². The fourth-order valence-corrected chi connectivity index (χ4v) is 6.79. The molecule has 6 nitrogen and oxygen atoms in total. The summed E-state index contributed by atoms with van der Waals surface area (Å²) in [7, 11) is 0. The molecule has 3 aromatic heterocycles. The molecule has 0 saturated heterocycles. The van der Waals surface area contributed by atoms with E-state index in [1.807, 2.05) is 35.8 Å². The molecule has 1 aliphatic rings. The van der Waals surface area contributed by atoms with Crippen LogP contribution < -0.4 is 5.32 Å². The van der Waals surface area contributed by atoms with Gasteiger partial charge in [0, 0.05) is 10.9 Å². The number of carbonyl (C=O) groups is 1.